The van der Waals surface area contributed by atoms with Crippen LogP contribution in [0.5, 0.6) is 5.75 Å². The fraction of sp³-hybridized carbons (Fsp3) is 0.429. The second-order valence-corrected chi connectivity index (χ2v) is 4.93. The highest BCUT2D eigenvalue weighted by molar-refractivity contribution is 5.97. The fourth-order valence-corrected chi connectivity index (χ4v) is 2.14. The van der Waals surface area contributed by atoms with Gasteiger partial charge in [0.15, 0.2) is 5.75 Å². The molecule has 1 aliphatic carbocycles. The van der Waals surface area contributed by atoms with Gasteiger partial charge in [0.25, 0.3) is 5.91 Å². The third-order valence-corrected chi connectivity index (χ3v) is 3.26. The molecule has 1 fully saturated rings. The van der Waals surface area contributed by atoms with E-state index < -0.39 is 23.3 Å². The number of carboxylic acid groups (broad SMARTS) is 1. The largest absolute Gasteiger partial charge is 0.487 e. The Morgan fingerprint density at radius 3 is 2.64 bits per heavy atom. The molecule has 8 nitrogen and oxygen atoms in total. The molecule has 0 unspecified atom stereocenters. The molecule has 1 N–H and O–H groups in total. The Bertz CT molecular complexity index is 611. The quantitative estimate of drug-likeness (QED) is 0.606. The third-order valence-electron chi connectivity index (χ3n) is 3.26. The van der Waals surface area contributed by atoms with Crippen LogP contribution >= 0.6 is 0 Å². The monoisotopic (exact) mass is 308 g/mol. The molecule has 0 aromatic heterocycles. The Hall–Kier alpha value is -2.64. The molecule has 0 saturated heterocycles. The van der Waals surface area contributed by atoms with Crippen molar-refractivity contribution in [1.82, 2.24) is 4.90 Å². The SMILES string of the molecule is CCOc1ccc(C(=O)N(CC(=O)O)C2CC2)cc1[N+](=O)[O-]. The van der Waals surface area contributed by atoms with Gasteiger partial charge in [0.1, 0.15) is 6.54 Å². The highest BCUT2D eigenvalue weighted by Crippen LogP contribution is 2.31. The first-order valence-corrected chi connectivity index (χ1v) is 6.88. The molecule has 1 amide bonds. The maximum Gasteiger partial charge on any atom is 0.323 e. The van der Waals surface area contributed by atoms with Crippen LogP contribution in [0.4, 0.5) is 5.69 Å². The molecule has 1 aromatic rings. The fourth-order valence-electron chi connectivity index (χ4n) is 2.14. The number of carbonyl (C=O) groups excluding carboxylic acids is 1. The summed E-state index contributed by atoms with van der Waals surface area (Å²) in [6, 6.07) is 3.80. The summed E-state index contributed by atoms with van der Waals surface area (Å²) in [6.07, 6.45) is 1.50. The van der Waals surface area contributed by atoms with E-state index in [1.165, 1.54) is 17.0 Å². The van der Waals surface area contributed by atoms with Gasteiger partial charge in [-0.3, -0.25) is 19.7 Å². The summed E-state index contributed by atoms with van der Waals surface area (Å²) in [4.78, 5) is 35.0. The standard InChI is InChI=1S/C14H16N2O6/c1-2-22-12-6-3-9(7-11(12)16(20)21)14(19)15(8-13(17)18)10-4-5-10/h3,6-7,10H,2,4-5,8H2,1H3,(H,17,18). The van der Waals surface area contributed by atoms with Gasteiger partial charge in [0, 0.05) is 17.7 Å². The number of nitro groups is 1. The summed E-state index contributed by atoms with van der Waals surface area (Å²) in [7, 11) is 0. The van der Waals surface area contributed by atoms with Crippen LogP contribution in [0.3, 0.4) is 0 Å². The van der Waals surface area contributed by atoms with Crippen molar-refractivity contribution in [3.05, 3.63) is 33.9 Å². The summed E-state index contributed by atoms with van der Waals surface area (Å²) >= 11 is 0. The maximum absolute atomic E-state index is 12.4. The average Bonchev–Trinajstić information content (AvgIpc) is 3.29. The van der Waals surface area contributed by atoms with Crippen LogP contribution in [0, 0.1) is 10.1 Å². The van der Waals surface area contributed by atoms with E-state index in [9.17, 15) is 19.7 Å². The van der Waals surface area contributed by atoms with Gasteiger partial charge in [0.05, 0.1) is 11.5 Å². The number of carbonyl (C=O) groups is 2. The molecule has 1 saturated carbocycles. The van der Waals surface area contributed by atoms with Crippen LogP contribution < -0.4 is 4.74 Å². The average molecular weight is 308 g/mol. The number of benzene rings is 1. The number of nitrogens with zero attached hydrogens (tertiary/aromatic N) is 2. The molecule has 0 radical (unpaired) electrons. The molecule has 8 heteroatoms. The van der Waals surface area contributed by atoms with Crippen molar-refractivity contribution in [1.29, 1.82) is 0 Å². The number of amides is 1. The van der Waals surface area contributed by atoms with E-state index >= 15 is 0 Å². The van der Waals surface area contributed by atoms with Gasteiger partial charge < -0.3 is 14.7 Å². The van der Waals surface area contributed by atoms with Gasteiger partial charge >= 0.3 is 11.7 Å². The lowest BCUT2D eigenvalue weighted by atomic mass is 10.1. The summed E-state index contributed by atoms with van der Waals surface area (Å²) in [5.74, 6) is -1.54. The zero-order valence-electron chi connectivity index (χ0n) is 12.0. The second-order valence-electron chi connectivity index (χ2n) is 4.93. The van der Waals surface area contributed by atoms with Gasteiger partial charge in [-0.15, -0.1) is 0 Å². The van der Waals surface area contributed by atoms with Crippen LogP contribution in [-0.2, 0) is 4.79 Å². The van der Waals surface area contributed by atoms with Gasteiger partial charge in [-0.05, 0) is 31.9 Å². The van der Waals surface area contributed by atoms with Crippen LogP contribution in [0.1, 0.15) is 30.1 Å². The first-order chi connectivity index (χ1) is 10.4. The van der Waals surface area contributed by atoms with E-state index in [0.717, 1.165) is 18.9 Å². The zero-order valence-corrected chi connectivity index (χ0v) is 12.0. The van der Waals surface area contributed by atoms with Crippen molar-refractivity contribution in [2.45, 2.75) is 25.8 Å². The van der Waals surface area contributed by atoms with Gasteiger partial charge in [-0.2, -0.15) is 0 Å². The highest BCUT2D eigenvalue weighted by Gasteiger charge is 2.35. The van der Waals surface area contributed by atoms with Gasteiger partial charge in [0.2, 0.25) is 0 Å². The minimum atomic E-state index is -1.11. The van der Waals surface area contributed by atoms with Crippen LogP contribution in [0.2, 0.25) is 0 Å². The normalized spacial score (nSPS) is 13.5. The molecule has 2 rings (SSSR count). The molecule has 1 aromatic carbocycles. The molecule has 0 aliphatic heterocycles. The second kappa shape index (κ2) is 6.42. The molecular formula is C14H16N2O6. The van der Waals surface area contributed by atoms with E-state index in [0.29, 0.717) is 0 Å². The van der Waals surface area contributed by atoms with Crippen LogP contribution in [0.15, 0.2) is 18.2 Å². The van der Waals surface area contributed by atoms with Gasteiger partial charge in [-0.25, -0.2) is 0 Å². The molecule has 0 bridgehead atoms. The number of hydrogen-bond donors (Lipinski definition) is 1. The van der Waals surface area contributed by atoms with Crippen molar-refractivity contribution >= 4 is 17.6 Å². The molecule has 22 heavy (non-hydrogen) atoms. The molecule has 118 valence electrons. The number of rotatable bonds is 7. The maximum atomic E-state index is 12.4. The van der Waals surface area contributed by atoms with Crippen LogP contribution in [-0.4, -0.2) is 46.0 Å². The third kappa shape index (κ3) is 3.51. The molecule has 0 spiro atoms. The smallest absolute Gasteiger partial charge is 0.323 e. The zero-order chi connectivity index (χ0) is 16.3. The lowest BCUT2D eigenvalue weighted by molar-refractivity contribution is -0.385. The first-order valence-electron chi connectivity index (χ1n) is 6.88. The Kier molecular flexibility index (Phi) is 4.59. The van der Waals surface area contributed by atoms with E-state index in [2.05, 4.69) is 0 Å². The van der Waals surface area contributed by atoms with Crippen molar-refractivity contribution < 1.29 is 24.4 Å². The summed E-state index contributed by atoms with van der Waals surface area (Å²) in [6.45, 7) is 1.55. The number of nitro benzene ring substituents is 1. The summed E-state index contributed by atoms with van der Waals surface area (Å²) < 4.78 is 5.16. The highest BCUT2D eigenvalue weighted by atomic mass is 16.6. The lowest BCUT2D eigenvalue weighted by Crippen LogP contribution is -2.37. The number of ether oxygens (including phenoxy) is 1. The van der Waals surface area contributed by atoms with Crippen molar-refractivity contribution in [2.75, 3.05) is 13.2 Å². The summed E-state index contributed by atoms with van der Waals surface area (Å²) in [5, 5.41) is 20.0. The summed E-state index contributed by atoms with van der Waals surface area (Å²) in [5.41, 5.74) is -0.220. The Balaban J connectivity index is 2.30. The molecular weight excluding hydrogens is 292 g/mol. The minimum Gasteiger partial charge on any atom is -0.487 e. The lowest BCUT2D eigenvalue weighted by Gasteiger charge is -2.20. The first kappa shape index (κ1) is 15.7. The van der Waals surface area contributed by atoms with E-state index in [-0.39, 0.29) is 29.6 Å². The Morgan fingerprint density at radius 1 is 1.45 bits per heavy atom. The molecule has 0 atom stereocenters. The van der Waals surface area contributed by atoms with E-state index in [1.807, 2.05) is 0 Å². The van der Waals surface area contributed by atoms with E-state index in [1.54, 1.807) is 6.92 Å². The number of carboxylic acids is 1. The Labute approximate surface area is 126 Å². The van der Waals surface area contributed by atoms with Crippen molar-refractivity contribution in [3.63, 3.8) is 0 Å². The number of aliphatic carboxylic acids is 1. The van der Waals surface area contributed by atoms with Crippen molar-refractivity contribution in [2.24, 2.45) is 0 Å². The predicted octanol–water partition coefficient (Wildman–Crippen LogP) is 1.68. The molecule has 0 heterocycles. The topological polar surface area (TPSA) is 110 Å². The minimum absolute atomic E-state index is 0.0836. The predicted molar refractivity (Wildman–Crippen MR) is 76.0 cm³/mol. The number of hydrogen-bond acceptors (Lipinski definition) is 5. The van der Waals surface area contributed by atoms with E-state index in [4.69, 9.17) is 9.84 Å². The van der Waals surface area contributed by atoms with Gasteiger partial charge in [-0.1, -0.05) is 0 Å². The Morgan fingerprint density at radius 2 is 2.14 bits per heavy atom. The van der Waals surface area contributed by atoms with Crippen molar-refractivity contribution in [3.8, 4) is 5.75 Å². The van der Waals surface area contributed by atoms with Crippen LogP contribution in [0.25, 0.3) is 0 Å². The molecule has 1 aliphatic rings.